The molecule has 0 bridgehead atoms. The Kier molecular flexibility index (Phi) is 6.07. The molecule has 1 aliphatic heterocycles. The van der Waals surface area contributed by atoms with Crippen molar-refractivity contribution in [3.8, 4) is 11.5 Å². The van der Waals surface area contributed by atoms with Gasteiger partial charge in [0.15, 0.2) is 0 Å². The number of methoxy groups -OCH3 is 1. The van der Waals surface area contributed by atoms with E-state index >= 15 is 0 Å². The number of ether oxygens (including phenoxy) is 2. The number of hydrogen-bond donors (Lipinski definition) is 1. The lowest BCUT2D eigenvalue weighted by molar-refractivity contribution is -0.129. The summed E-state index contributed by atoms with van der Waals surface area (Å²) in [7, 11) is -2.69. The van der Waals surface area contributed by atoms with E-state index in [1.165, 1.54) is 25.3 Å². The molecule has 0 radical (unpaired) electrons. The Morgan fingerprint density at radius 1 is 1.03 bits per heavy atom. The zero-order chi connectivity index (χ0) is 21.0. The number of nitrogens with one attached hydrogen (secondary N) is 1. The normalized spacial score (nSPS) is 14.6. The average Bonchev–Trinajstić information content (AvgIpc) is 2.69. The van der Waals surface area contributed by atoms with Gasteiger partial charge in [0.05, 0.1) is 19.4 Å². The SMILES string of the molecule is CCOc1ccc(NS(=O)(=O)c2cc(N3C(=O)CCCC3=O)ccc2OC)cc1. The zero-order valence-corrected chi connectivity index (χ0v) is 17.0. The zero-order valence-electron chi connectivity index (χ0n) is 16.2. The number of nitrogens with zero attached hydrogens (tertiary/aromatic N) is 1. The van der Waals surface area contributed by atoms with Crippen LogP contribution >= 0.6 is 0 Å². The van der Waals surface area contributed by atoms with Crippen LogP contribution in [-0.4, -0.2) is 33.9 Å². The van der Waals surface area contributed by atoms with Crippen molar-refractivity contribution in [3.63, 3.8) is 0 Å². The number of piperidine rings is 1. The Morgan fingerprint density at radius 3 is 2.28 bits per heavy atom. The molecular weight excluding hydrogens is 396 g/mol. The van der Waals surface area contributed by atoms with Gasteiger partial charge in [-0.1, -0.05) is 0 Å². The van der Waals surface area contributed by atoms with Crippen molar-refractivity contribution in [2.75, 3.05) is 23.3 Å². The van der Waals surface area contributed by atoms with Crippen LogP contribution in [0.4, 0.5) is 11.4 Å². The number of carbonyl (C=O) groups is 2. The molecule has 3 rings (SSSR count). The summed E-state index contributed by atoms with van der Waals surface area (Å²) >= 11 is 0. The summed E-state index contributed by atoms with van der Waals surface area (Å²) < 4.78 is 39.0. The van der Waals surface area contributed by atoms with Crippen LogP contribution in [0.25, 0.3) is 0 Å². The van der Waals surface area contributed by atoms with Gasteiger partial charge in [-0.2, -0.15) is 0 Å². The molecule has 0 aliphatic carbocycles. The largest absolute Gasteiger partial charge is 0.495 e. The number of benzene rings is 2. The van der Waals surface area contributed by atoms with Crippen LogP contribution in [0.3, 0.4) is 0 Å². The fourth-order valence-corrected chi connectivity index (χ4v) is 4.30. The minimum absolute atomic E-state index is 0.101. The molecule has 8 nitrogen and oxygen atoms in total. The van der Waals surface area contributed by atoms with E-state index in [0.717, 1.165) is 4.90 Å². The number of rotatable bonds is 7. The van der Waals surface area contributed by atoms with Crippen molar-refractivity contribution in [2.45, 2.75) is 31.1 Å². The minimum Gasteiger partial charge on any atom is -0.495 e. The predicted molar refractivity (Wildman–Crippen MR) is 108 cm³/mol. The van der Waals surface area contributed by atoms with Crippen molar-refractivity contribution in [3.05, 3.63) is 42.5 Å². The standard InChI is InChI=1S/C20H22N2O6S/c1-3-28-16-10-7-14(8-11-16)21-29(25,26)18-13-15(9-12-17(18)27-2)22-19(23)5-4-6-20(22)24/h7-13,21H,3-6H2,1-2H3. The molecule has 0 unspecified atom stereocenters. The number of amides is 2. The highest BCUT2D eigenvalue weighted by atomic mass is 32.2. The third kappa shape index (κ3) is 4.51. The summed E-state index contributed by atoms with van der Waals surface area (Å²) in [6, 6.07) is 10.7. The van der Waals surface area contributed by atoms with Crippen molar-refractivity contribution in [1.29, 1.82) is 0 Å². The molecule has 0 saturated carbocycles. The van der Waals surface area contributed by atoms with Crippen LogP contribution < -0.4 is 19.1 Å². The summed E-state index contributed by atoms with van der Waals surface area (Å²) in [6.07, 6.45) is 0.976. The molecule has 1 saturated heterocycles. The Bertz CT molecular complexity index is 1000. The second-order valence-corrected chi connectivity index (χ2v) is 8.03. The van der Waals surface area contributed by atoms with Crippen molar-refractivity contribution in [1.82, 2.24) is 0 Å². The predicted octanol–water partition coefficient (Wildman–Crippen LogP) is 2.94. The van der Waals surface area contributed by atoms with Crippen molar-refractivity contribution >= 4 is 33.2 Å². The van der Waals surface area contributed by atoms with Gasteiger partial charge in [-0.3, -0.25) is 19.2 Å². The van der Waals surface area contributed by atoms with Crippen LogP contribution in [0, 0.1) is 0 Å². The number of carbonyl (C=O) groups excluding carboxylic acids is 2. The second kappa shape index (κ2) is 8.52. The van der Waals surface area contributed by atoms with Gasteiger partial charge < -0.3 is 9.47 Å². The van der Waals surface area contributed by atoms with E-state index in [1.54, 1.807) is 24.3 Å². The van der Waals surface area contributed by atoms with Crippen LogP contribution in [0.15, 0.2) is 47.4 Å². The van der Waals surface area contributed by atoms with Crippen molar-refractivity contribution < 1.29 is 27.5 Å². The molecule has 9 heteroatoms. The minimum atomic E-state index is -4.04. The summed E-state index contributed by atoms with van der Waals surface area (Å²) in [5, 5.41) is 0. The molecule has 1 N–H and O–H groups in total. The first-order valence-electron chi connectivity index (χ1n) is 9.15. The highest BCUT2D eigenvalue weighted by molar-refractivity contribution is 7.92. The number of imide groups is 1. The molecule has 1 fully saturated rings. The van der Waals surface area contributed by atoms with Crippen molar-refractivity contribution in [2.24, 2.45) is 0 Å². The van der Waals surface area contributed by atoms with Gasteiger partial charge in [0, 0.05) is 18.5 Å². The molecule has 0 aromatic heterocycles. The molecule has 2 aromatic rings. The molecule has 154 valence electrons. The van der Waals surface area contributed by atoms with E-state index in [0.29, 0.717) is 24.5 Å². The fourth-order valence-electron chi connectivity index (χ4n) is 3.05. The van der Waals surface area contributed by atoms with Crippen LogP contribution in [0.1, 0.15) is 26.2 Å². The Balaban J connectivity index is 1.94. The van der Waals surface area contributed by atoms with Gasteiger partial charge in [0.1, 0.15) is 16.4 Å². The smallest absolute Gasteiger partial charge is 0.265 e. The van der Waals surface area contributed by atoms with Gasteiger partial charge in [-0.15, -0.1) is 0 Å². The number of sulfonamides is 1. The van der Waals surface area contributed by atoms with E-state index < -0.39 is 10.0 Å². The van der Waals surface area contributed by atoms with Gasteiger partial charge in [-0.05, 0) is 55.8 Å². The van der Waals surface area contributed by atoms with E-state index in [1.807, 2.05) is 6.92 Å². The van der Waals surface area contributed by atoms with Crippen LogP contribution in [0.5, 0.6) is 11.5 Å². The first-order chi connectivity index (χ1) is 13.9. The lowest BCUT2D eigenvalue weighted by atomic mass is 10.1. The topological polar surface area (TPSA) is 102 Å². The van der Waals surface area contributed by atoms with E-state index in [4.69, 9.17) is 9.47 Å². The lowest BCUT2D eigenvalue weighted by Crippen LogP contribution is -2.40. The van der Waals surface area contributed by atoms with Gasteiger partial charge >= 0.3 is 0 Å². The number of hydrogen-bond acceptors (Lipinski definition) is 6. The molecule has 0 spiro atoms. The summed E-state index contributed by atoms with van der Waals surface area (Å²) in [5.41, 5.74) is 0.540. The molecule has 1 heterocycles. The monoisotopic (exact) mass is 418 g/mol. The summed E-state index contributed by atoms with van der Waals surface area (Å²) in [4.78, 5) is 25.2. The highest BCUT2D eigenvalue weighted by Gasteiger charge is 2.29. The van der Waals surface area contributed by atoms with E-state index in [2.05, 4.69) is 4.72 Å². The molecule has 29 heavy (non-hydrogen) atoms. The number of anilines is 2. The molecule has 2 amide bonds. The second-order valence-electron chi connectivity index (χ2n) is 6.37. The third-order valence-electron chi connectivity index (χ3n) is 4.39. The van der Waals surface area contributed by atoms with E-state index in [9.17, 15) is 18.0 Å². The Morgan fingerprint density at radius 2 is 1.69 bits per heavy atom. The lowest BCUT2D eigenvalue weighted by Gasteiger charge is -2.25. The van der Waals surface area contributed by atoms with E-state index in [-0.39, 0.29) is 41.0 Å². The Labute approximate surface area is 169 Å². The molecule has 1 aliphatic rings. The van der Waals surface area contributed by atoms with Crippen LogP contribution in [0.2, 0.25) is 0 Å². The fraction of sp³-hybridized carbons (Fsp3) is 0.300. The quantitative estimate of drug-likeness (QED) is 0.694. The maximum atomic E-state index is 13.0. The molecule has 2 aromatic carbocycles. The molecule has 0 atom stereocenters. The summed E-state index contributed by atoms with van der Waals surface area (Å²) in [6.45, 7) is 2.36. The van der Waals surface area contributed by atoms with Crippen LogP contribution in [-0.2, 0) is 19.6 Å². The Hall–Kier alpha value is -3.07. The first kappa shape index (κ1) is 20.7. The molecular formula is C20H22N2O6S. The van der Waals surface area contributed by atoms with Gasteiger partial charge in [-0.25, -0.2) is 8.42 Å². The maximum absolute atomic E-state index is 13.0. The first-order valence-corrected chi connectivity index (χ1v) is 10.6. The average molecular weight is 418 g/mol. The van der Waals surface area contributed by atoms with Gasteiger partial charge in [0.2, 0.25) is 11.8 Å². The van der Waals surface area contributed by atoms with Gasteiger partial charge in [0.25, 0.3) is 10.0 Å². The highest BCUT2D eigenvalue weighted by Crippen LogP contribution is 2.32. The third-order valence-corrected chi connectivity index (χ3v) is 5.80. The maximum Gasteiger partial charge on any atom is 0.265 e. The summed E-state index contributed by atoms with van der Waals surface area (Å²) in [5.74, 6) is 0.0183.